The summed E-state index contributed by atoms with van der Waals surface area (Å²) in [5.74, 6) is 6.91. The summed E-state index contributed by atoms with van der Waals surface area (Å²) in [5.41, 5.74) is 9.14. The molecular weight excluding hydrogens is 228 g/mol. The van der Waals surface area contributed by atoms with Gasteiger partial charge in [0.05, 0.1) is 7.11 Å². The lowest BCUT2D eigenvalue weighted by atomic mass is 9.99. The normalized spacial score (nSPS) is 11.7. The first-order chi connectivity index (χ1) is 8.60. The molecule has 18 heavy (non-hydrogen) atoms. The molecule has 0 saturated carbocycles. The van der Waals surface area contributed by atoms with Crippen LogP contribution in [0, 0.1) is 11.4 Å². The molecule has 5 heteroatoms. The molecule has 98 valence electrons. The lowest BCUT2D eigenvalue weighted by Crippen LogP contribution is -2.04. The molecule has 0 amide bonds. The van der Waals surface area contributed by atoms with E-state index in [2.05, 4.69) is 30.1 Å². The van der Waals surface area contributed by atoms with Gasteiger partial charge in [0.2, 0.25) is 0 Å². The molecule has 1 rings (SSSR count). The zero-order chi connectivity index (χ0) is 13.5. The fourth-order valence-corrected chi connectivity index (χ4v) is 1.84. The summed E-state index contributed by atoms with van der Waals surface area (Å²) in [4.78, 5) is 0. The van der Waals surface area contributed by atoms with E-state index in [1.807, 2.05) is 12.1 Å². The highest BCUT2D eigenvalue weighted by molar-refractivity contribution is 5.84. The van der Waals surface area contributed by atoms with Crippen LogP contribution in [0.5, 0.6) is 5.75 Å². The molecule has 0 aliphatic rings. The molecule has 1 aromatic rings. The Labute approximate surface area is 108 Å². The SMILES string of the molecule is COc1ccc(C/C(N=N)=N/N)cc1CC(C)C. The van der Waals surface area contributed by atoms with Crippen LogP contribution in [0.15, 0.2) is 28.4 Å². The minimum atomic E-state index is 0.315. The van der Waals surface area contributed by atoms with E-state index < -0.39 is 0 Å². The molecule has 0 heterocycles. The van der Waals surface area contributed by atoms with Gasteiger partial charge in [0, 0.05) is 6.42 Å². The van der Waals surface area contributed by atoms with Crippen molar-refractivity contribution in [3.05, 3.63) is 29.3 Å². The fourth-order valence-electron chi connectivity index (χ4n) is 1.84. The number of rotatable bonds is 5. The number of hydrazone groups is 1. The van der Waals surface area contributed by atoms with Gasteiger partial charge in [0.15, 0.2) is 5.84 Å². The lowest BCUT2D eigenvalue weighted by Gasteiger charge is -2.12. The van der Waals surface area contributed by atoms with E-state index in [4.69, 9.17) is 16.1 Å². The number of nitrogens with two attached hydrogens (primary N) is 1. The van der Waals surface area contributed by atoms with Crippen LogP contribution in [0.1, 0.15) is 25.0 Å². The van der Waals surface area contributed by atoms with E-state index in [0.717, 1.165) is 23.3 Å². The van der Waals surface area contributed by atoms with Crippen molar-refractivity contribution in [3.63, 3.8) is 0 Å². The predicted molar refractivity (Wildman–Crippen MR) is 72.0 cm³/mol. The highest BCUT2D eigenvalue weighted by atomic mass is 16.5. The van der Waals surface area contributed by atoms with Crippen molar-refractivity contribution in [3.8, 4) is 5.75 Å². The van der Waals surface area contributed by atoms with Gasteiger partial charge in [0.25, 0.3) is 0 Å². The Morgan fingerprint density at radius 3 is 2.67 bits per heavy atom. The van der Waals surface area contributed by atoms with Crippen LogP contribution < -0.4 is 10.6 Å². The molecule has 5 nitrogen and oxygen atoms in total. The van der Waals surface area contributed by atoms with E-state index in [1.54, 1.807) is 7.11 Å². The largest absolute Gasteiger partial charge is 0.496 e. The van der Waals surface area contributed by atoms with Crippen molar-refractivity contribution in [2.45, 2.75) is 26.7 Å². The summed E-state index contributed by atoms with van der Waals surface area (Å²) >= 11 is 0. The van der Waals surface area contributed by atoms with E-state index in [0.29, 0.717) is 18.2 Å². The third-order valence-corrected chi connectivity index (χ3v) is 2.61. The van der Waals surface area contributed by atoms with Crippen LogP contribution in [0.4, 0.5) is 0 Å². The average Bonchev–Trinajstić information content (AvgIpc) is 2.35. The summed E-state index contributed by atoms with van der Waals surface area (Å²) in [6, 6.07) is 5.94. The van der Waals surface area contributed by atoms with Crippen molar-refractivity contribution in [1.82, 2.24) is 0 Å². The molecule has 0 radical (unpaired) electrons. The second-order valence-electron chi connectivity index (χ2n) is 4.58. The summed E-state index contributed by atoms with van der Waals surface area (Å²) < 4.78 is 5.34. The van der Waals surface area contributed by atoms with Crippen molar-refractivity contribution >= 4 is 5.84 Å². The van der Waals surface area contributed by atoms with E-state index in [-0.39, 0.29) is 0 Å². The molecule has 0 bridgehead atoms. The van der Waals surface area contributed by atoms with Crippen molar-refractivity contribution < 1.29 is 4.74 Å². The molecule has 3 N–H and O–H groups in total. The first-order valence-electron chi connectivity index (χ1n) is 5.90. The Balaban J connectivity index is 2.98. The minimum Gasteiger partial charge on any atom is -0.496 e. The minimum absolute atomic E-state index is 0.315. The average molecular weight is 248 g/mol. The van der Waals surface area contributed by atoms with Gasteiger partial charge in [-0.2, -0.15) is 5.10 Å². The maximum Gasteiger partial charge on any atom is 0.174 e. The maximum atomic E-state index is 6.94. The third-order valence-electron chi connectivity index (χ3n) is 2.61. The Morgan fingerprint density at radius 1 is 1.44 bits per heavy atom. The van der Waals surface area contributed by atoms with Crippen LogP contribution in [-0.4, -0.2) is 12.9 Å². The van der Waals surface area contributed by atoms with Gasteiger partial charge in [0.1, 0.15) is 5.75 Å². The Kier molecular flexibility index (Phi) is 5.30. The molecule has 0 aromatic heterocycles. The number of methoxy groups -OCH3 is 1. The lowest BCUT2D eigenvalue weighted by molar-refractivity contribution is 0.406. The van der Waals surface area contributed by atoms with Gasteiger partial charge >= 0.3 is 0 Å². The molecule has 0 atom stereocenters. The Morgan fingerprint density at radius 2 is 2.17 bits per heavy atom. The molecular formula is C13H20N4O. The number of ether oxygens (including phenoxy) is 1. The number of nitrogens with one attached hydrogen (secondary N) is 1. The number of hydrogen-bond acceptors (Lipinski definition) is 4. The van der Waals surface area contributed by atoms with Gasteiger partial charge in [-0.05, 0) is 29.5 Å². The monoisotopic (exact) mass is 248 g/mol. The molecule has 0 fully saturated rings. The fraction of sp³-hybridized carbons (Fsp3) is 0.462. The van der Waals surface area contributed by atoms with Crippen LogP contribution in [-0.2, 0) is 12.8 Å². The van der Waals surface area contributed by atoms with Gasteiger partial charge in [-0.15, -0.1) is 5.11 Å². The second kappa shape index (κ2) is 6.74. The molecule has 0 spiro atoms. The first kappa shape index (κ1) is 14.2. The van der Waals surface area contributed by atoms with E-state index in [1.165, 1.54) is 0 Å². The number of amidine groups is 1. The van der Waals surface area contributed by atoms with Gasteiger partial charge in [-0.1, -0.05) is 26.0 Å². The zero-order valence-electron chi connectivity index (χ0n) is 11.1. The third kappa shape index (κ3) is 3.84. The van der Waals surface area contributed by atoms with Gasteiger partial charge in [-0.25, -0.2) is 5.53 Å². The van der Waals surface area contributed by atoms with E-state index in [9.17, 15) is 0 Å². The molecule has 0 unspecified atom stereocenters. The topological polar surface area (TPSA) is 83.8 Å². The summed E-state index contributed by atoms with van der Waals surface area (Å²) in [6.45, 7) is 4.33. The summed E-state index contributed by atoms with van der Waals surface area (Å²) in [5, 5.41) is 6.74. The second-order valence-corrected chi connectivity index (χ2v) is 4.58. The zero-order valence-corrected chi connectivity index (χ0v) is 11.1. The Bertz CT molecular complexity index is 441. The molecule has 0 saturated heterocycles. The number of hydrogen-bond donors (Lipinski definition) is 2. The van der Waals surface area contributed by atoms with Crippen molar-refractivity contribution in [1.29, 1.82) is 5.53 Å². The maximum absolute atomic E-state index is 6.94. The smallest absolute Gasteiger partial charge is 0.174 e. The molecule has 0 aliphatic heterocycles. The highest BCUT2D eigenvalue weighted by Crippen LogP contribution is 2.23. The quantitative estimate of drug-likeness (QED) is 0.276. The van der Waals surface area contributed by atoms with Crippen molar-refractivity contribution in [2.24, 2.45) is 22.0 Å². The van der Waals surface area contributed by atoms with Crippen LogP contribution >= 0.6 is 0 Å². The molecule has 0 aliphatic carbocycles. The number of nitrogens with zero attached hydrogens (tertiary/aromatic N) is 2. The summed E-state index contributed by atoms with van der Waals surface area (Å²) in [7, 11) is 1.67. The van der Waals surface area contributed by atoms with Crippen LogP contribution in [0.3, 0.4) is 0 Å². The van der Waals surface area contributed by atoms with Crippen molar-refractivity contribution in [2.75, 3.05) is 7.11 Å². The first-order valence-corrected chi connectivity index (χ1v) is 5.90. The Hall–Kier alpha value is -1.91. The van der Waals surface area contributed by atoms with Gasteiger partial charge < -0.3 is 10.6 Å². The van der Waals surface area contributed by atoms with E-state index >= 15 is 0 Å². The molecule has 1 aromatic carbocycles. The predicted octanol–water partition coefficient (Wildman–Crippen LogP) is 2.74. The number of benzene rings is 1. The standard InChI is InChI=1S/C13H20N4O/c1-9(2)6-11-7-10(4-5-12(11)18-3)8-13(16-14)17-15/h4-5,7,9,14H,6,8,15H2,1-3H3/b16-14?,17-13-. The van der Waals surface area contributed by atoms with Crippen LogP contribution in [0.25, 0.3) is 0 Å². The highest BCUT2D eigenvalue weighted by Gasteiger charge is 2.08. The van der Waals surface area contributed by atoms with Gasteiger partial charge in [-0.3, -0.25) is 0 Å². The van der Waals surface area contributed by atoms with Crippen LogP contribution in [0.2, 0.25) is 0 Å². The summed E-state index contributed by atoms with van der Waals surface area (Å²) in [6.07, 6.45) is 1.42.